The van der Waals surface area contributed by atoms with Crippen LogP contribution >= 0.6 is 58.0 Å². The van der Waals surface area contributed by atoms with E-state index < -0.39 is 16.5 Å². The van der Waals surface area contributed by atoms with Crippen LogP contribution in [-0.2, 0) is 4.74 Å². The minimum Gasteiger partial charge on any atom is -0.444 e. The summed E-state index contributed by atoms with van der Waals surface area (Å²) in [5, 5.41) is 0.752. The molecule has 30 heavy (non-hydrogen) atoms. The van der Waals surface area contributed by atoms with Crippen LogP contribution in [0.15, 0.2) is 59.0 Å². The largest absolute Gasteiger partial charge is 0.444 e. The molecule has 0 amide bonds. The molecule has 0 aliphatic heterocycles. The molecule has 0 saturated heterocycles. The van der Waals surface area contributed by atoms with Gasteiger partial charge >= 0.3 is 6.09 Å². The molecule has 154 valence electrons. The van der Waals surface area contributed by atoms with Crippen molar-refractivity contribution in [2.24, 2.45) is 0 Å². The lowest BCUT2D eigenvalue weighted by atomic mass is 10.1. The van der Waals surface area contributed by atoms with Gasteiger partial charge in [-0.25, -0.2) is 9.36 Å². The van der Waals surface area contributed by atoms with E-state index in [-0.39, 0.29) is 16.1 Å². The van der Waals surface area contributed by atoms with Crippen molar-refractivity contribution < 1.29 is 13.9 Å². The van der Waals surface area contributed by atoms with Crippen LogP contribution in [0.5, 0.6) is 0 Å². The van der Waals surface area contributed by atoms with E-state index in [4.69, 9.17) is 67.2 Å². The zero-order valence-electron chi connectivity index (χ0n) is 14.9. The first-order valence-corrected chi connectivity index (χ1v) is 10.4. The molecule has 0 aliphatic rings. The van der Waals surface area contributed by atoms with Gasteiger partial charge in [0.15, 0.2) is 10.9 Å². The lowest BCUT2D eigenvalue weighted by Gasteiger charge is -2.12. The van der Waals surface area contributed by atoms with Crippen molar-refractivity contribution in [3.8, 4) is 22.8 Å². The normalized spacial score (nSPS) is 11.8. The van der Waals surface area contributed by atoms with Crippen molar-refractivity contribution >= 4 is 75.0 Å². The number of alkyl halides is 3. The Balaban J connectivity index is 1.84. The highest BCUT2D eigenvalue weighted by atomic mass is 35.6. The number of benzene rings is 2. The zero-order valence-corrected chi connectivity index (χ0v) is 18.7. The van der Waals surface area contributed by atoms with Gasteiger partial charge in [0.1, 0.15) is 11.8 Å². The van der Waals surface area contributed by atoms with Crippen molar-refractivity contribution in [2.45, 2.75) is 3.79 Å². The summed E-state index contributed by atoms with van der Waals surface area (Å²) in [7, 11) is 0. The minimum absolute atomic E-state index is 0.0307. The van der Waals surface area contributed by atoms with E-state index in [9.17, 15) is 4.79 Å². The lowest BCUT2D eigenvalue weighted by Crippen LogP contribution is -2.21. The highest BCUT2D eigenvalue weighted by molar-refractivity contribution is 6.67. The van der Waals surface area contributed by atoms with Gasteiger partial charge in [-0.05, 0) is 18.2 Å². The quantitative estimate of drug-likeness (QED) is 0.269. The molecular weight excluding hydrogens is 493 g/mol. The number of aromatic nitrogens is 2. The van der Waals surface area contributed by atoms with Crippen LogP contribution < -0.4 is 0 Å². The average Bonchev–Trinajstić information content (AvgIpc) is 3.23. The van der Waals surface area contributed by atoms with Gasteiger partial charge in [0.25, 0.3) is 0 Å². The third-order valence-corrected chi connectivity index (χ3v) is 5.13. The summed E-state index contributed by atoms with van der Waals surface area (Å²) in [5.74, 6) is 0.548. The fraction of sp³-hybridized carbons (Fsp3) is 0.100. The molecule has 0 unspecified atom stereocenters. The van der Waals surface area contributed by atoms with Crippen molar-refractivity contribution in [3.05, 3.63) is 64.9 Å². The van der Waals surface area contributed by atoms with Gasteiger partial charge in [-0.2, -0.15) is 4.98 Å². The molecular formula is C20H11Cl5N2O3. The van der Waals surface area contributed by atoms with Crippen molar-refractivity contribution in [2.75, 3.05) is 6.61 Å². The maximum atomic E-state index is 12.7. The number of rotatable bonds is 3. The molecule has 0 atom stereocenters. The fourth-order valence-electron chi connectivity index (χ4n) is 2.97. The van der Waals surface area contributed by atoms with Gasteiger partial charge in [-0.1, -0.05) is 94.4 Å². The topological polar surface area (TPSA) is 57.3 Å². The number of ether oxygens (including phenoxy) is 1. The molecule has 0 aliphatic carbocycles. The zero-order chi connectivity index (χ0) is 21.5. The second-order valence-corrected chi connectivity index (χ2v) is 9.43. The Morgan fingerprint density at radius 3 is 2.40 bits per heavy atom. The molecule has 2 aromatic heterocycles. The van der Waals surface area contributed by atoms with Gasteiger partial charge in [-0.3, -0.25) is 0 Å². The molecule has 4 rings (SSSR count). The van der Waals surface area contributed by atoms with E-state index >= 15 is 0 Å². The van der Waals surface area contributed by atoms with Gasteiger partial charge < -0.3 is 9.15 Å². The Kier molecular flexibility index (Phi) is 5.93. The molecule has 0 N–H and O–H groups in total. The molecule has 2 heterocycles. The number of halogens is 5. The minimum atomic E-state index is -1.76. The Hall–Kier alpha value is -1.89. The third-order valence-electron chi connectivity index (χ3n) is 4.19. The van der Waals surface area contributed by atoms with Crippen LogP contribution in [0.4, 0.5) is 4.79 Å². The number of para-hydroxylation sites is 1. The lowest BCUT2D eigenvalue weighted by molar-refractivity contribution is 0.151. The van der Waals surface area contributed by atoms with Crippen molar-refractivity contribution in [3.63, 3.8) is 0 Å². The summed E-state index contributed by atoms with van der Waals surface area (Å²) in [6.45, 7) is -0.449. The molecule has 5 nitrogen and oxygen atoms in total. The van der Waals surface area contributed by atoms with E-state index in [2.05, 4.69) is 4.98 Å². The summed E-state index contributed by atoms with van der Waals surface area (Å²) in [6, 6.07) is 16.3. The Labute approximate surface area is 196 Å². The van der Waals surface area contributed by atoms with Gasteiger partial charge in [0.05, 0.1) is 11.1 Å². The first-order valence-electron chi connectivity index (χ1n) is 8.51. The summed E-state index contributed by atoms with van der Waals surface area (Å²) in [6.07, 6.45) is -0.812. The molecule has 0 bridgehead atoms. The van der Waals surface area contributed by atoms with Gasteiger partial charge in [-0.15, -0.1) is 0 Å². The number of oxazole rings is 1. The summed E-state index contributed by atoms with van der Waals surface area (Å²) < 4.78 is 10.4. The predicted molar refractivity (Wildman–Crippen MR) is 120 cm³/mol. The SMILES string of the molecule is O=C(OCC(Cl)(Cl)Cl)n1c(Cl)c(-c2oc(-c3ccccc3)nc2Cl)c2ccccc21. The molecule has 0 fully saturated rings. The second-order valence-electron chi connectivity index (χ2n) is 6.19. The van der Waals surface area contributed by atoms with E-state index in [0.29, 0.717) is 22.4 Å². The molecule has 10 heteroatoms. The molecule has 0 radical (unpaired) electrons. The monoisotopic (exact) mass is 502 g/mol. The average molecular weight is 505 g/mol. The van der Waals surface area contributed by atoms with Crippen LogP contribution in [0.1, 0.15) is 0 Å². The maximum Gasteiger partial charge on any atom is 0.419 e. The first-order chi connectivity index (χ1) is 14.3. The first kappa shape index (κ1) is 21.3. The fourth-order valence-corrected chi connectivity index (χ4v) is 3.69. The predicted octanol–water partition coefficient (Wildman–Crippen LogP) is 7.63. The standard InChI is InChI=1S/C20H11Cl5N2O3/c21-16-15(30-18(26-16)11-6-2-1-3-7-11)14-12-8-4-5-9-13(12)27(17(14)22)19(28)29-10-20(23,24)25/h1-9H,10H2. The molecule has 0 spiro atoms. The Morgan fingerprint density at radius 2 is 1.70 bits per heavy atom. The van der Waals surface area contributed by atoms with Crippen LogP contribution in [0.3, 0.4) is 0 Å². The third kappa shape index (κ3) is 4.13. The number of carbonyl (C=O) groups is 1. The second kappa shape index (κ2) is 8.33. The summed E-state index contributed by atoms with van der Waals surface area (Å²) >= 11 is 30.0. The number of hydrogen-bond acceptors (Lipinski definition) is 4. The molecule has 2 aromatic carbocycles. The highest BCUT2D eigenvalue weighted by Crippen LogP contribution is 2.43. The number of fused-ring (bicyclic) bond motifs is 1. The molecule has 4 aromatic rings. The van der Waals surface area contributed by atoms with Crippen LogP contribution in [0.25, 0.3) is 33.7 Å². The summed E-state index contributed by atoms with van der Waals surface area (Å²) in [5.41, 5.74) is 1.62. The molecule has 0 saturated carbocycles. The van der Waals surface area contributed by atoms with Gasteiger partial charge in [0.2, 0.25) is 9.68 Å². The Morgan fingerprint density at radius 1 is 1.03 bits per heavy atom. The van der Waals surface area contributed by atoms with Crippen molar-refractivity contribution in [1.82, 2.24) is 9.55 Å². The van der Waals surface area contributed by atoms with Gasteiger partial charge in [0, 0.05) is 10.9 Å². The highest BCUT2D eigenvalue weighted by Gasteiger charge is 2.29. The smallest absolute Gasteiger partial charge is 0.419 e. The maximum absolute atomic E-state index is 12.7. The van der Waals surface area contributed by atoms with E-state index in [1.165, 1.54) is 0 Å². The van der Waals surface area contributed by atoms with E-state index in [1.54, 1.807) is 24.3 Å². The van der Waals surface area contributed by atoms with E-state index in [0.717, 1.165) is 10.1 Å². The van der Waals surface area contributed by atoms with Crippen molar-refractivity contribution in [1.29, 1.82) is 0 Å². The van der Waals surface area contributed by atoms with Crippen LogP contribution in [-0.4, -0.2) is 26.0 Å². The summed E-state index contributed by atoms with van der Waals surface area (Å²) in [4.78, 5) is 17.0. The van der Waals surface area contributed by atoms with Crippen LogP contribution in [0, 0.1) is 0 Å². The van der Waals surface area contributed by atoms with E-state index in [1.807, 2.05) is 30.3 Å². The van der Waals surface area contributed by atoms with Crippen LogP contribution in [0.2, 0.25) is 10.3 Å². The number of nitrogens with zero attached hydrogens (tertiary/aromatic N) is 2. The number of hydrogen-bond donors (Lipinski definition) is 0. The Bertz CT molecular complexity index is 1230. The number of carbonyl (C=O) groups excluding carboxylic acids is 1.